The molecule has 0 saturated heterocycles. The second-order valence-electron chi connectivity index (χ2n) is 29.2. The largest absolute Gasteiger partial charge is 0.496 e. The molecule has 3 N–H and O–H groups in total. The molecule has 0 atom stereocenters. The lowest BCUT2D eigenvalue weighted by Crippen LogP contribution is -2.05. The molecule has 11 aromatic carbocycles. The lowest BCUT2D eigenvalue weighted by Gasteiger charge is -2.08. The van der Waals surface area contributed by atoms with Gasteiger partial charge in [-0.2, -0.15) is 16.8 Å². The third kappa shape index (κ3) is 38.8. The average Bonchev–Trinajstić information content (AvgIpc) is 0.819. The number of ether oxygens (including phenoxy) is 3. The van der Waals surface area contributed by atoms with E-state index in [9.17, 15) is 21.6 Å². The Balaban J connectivity index is 0.000000619. The van der Waals surface area contributed by atoms with Crippen LogP contribution >= 0.6 is 0 Å². The minimum absolute atomic E-state index is 0.00407. The predicted molar refractivity (Wildman–Crippen MR) is 477 cm³/mol. The van der Waals surface area contributed by atoms with Gasteiger partial charge in [-0.3, -0.25) is 13.9 Å². The van der Waals surface area contributed by atoms with Crippen molar-refractivity contribution < 1.29 is 44.9 Å². The maximum absolute atomic E-state index is 11.0. The topological polar surface area (TPSA) is 166 Å². The summed E-state index contributed by atoms with van der Waals surface area (Å²) in [6.07, 6.45) is 0. The van der Waals surface area contributed by atoms with E-state index in [-0.39, 0.29) is 21.4 Å². The van der Waals surface area contributed by atoms with Crippen LogP contribution in [0.15, 0.2) is 204 Å². The van der Waals surface area contributed by atoms with Gasteiger partial charge in [0.15, 0.2) is 0 Å². The van der Waals surface area contributed by atoms with Gasteiger partial charge in [0.25, 0.3) is 20.2 Å². The van der Waals surface area contributed by atoms with Gasteiger partial charge in [0.1, 0.15) is 22.1 Å². The van der Waals surface area contributed by atoms with E-state index in [4.69, 9.17) is 23.3 Å². The molecule has 11 nitrogen and oxygen atoms in total. The van der Waals surface area contributed by atoms with E-state index in [1.54, 1.807) is 40.2 Å². The molecule has 0 heterocycles. The Kier molecular flexibility index (Phi) is 44.2. The van der Waals surface area contributed by atoms with Gasteiger partial charge < -0.3 is 19.5 Å². The number of benzene rings is 11. The number of rotatable bonds is 6. The first-order chi connectivity index (χ1) is 52.0. The SMILES string of the molecule is CC(=O)Nc1ccc(C)c(C)c1.COc1cc(C)c(C)cc1C.COc1cc(C)c(C)cc1S(=O)(=O)O.COc1cc(C)ccc1C.Cc1cc(C)c(S(=O)(=O)O)cc1C.Cc1ccc(C)c(C)c1.Cc1ccc(C)c(C)c1.Cc1ccc(C)c(C)c1.Cc1ccc(C)c(C)c1.Cc1ccc(C)cc1.Cc1ccccc1C. The highest BCUT2D eigenvalue weighted by molar-refractivity contribution is 7.86. The summed E-state index contributed by atoms with van der Waals surface area (Å²) in [6, 6.07) is 65.3. The van der Waals surface area contributed by atoms with E-state index >= 15 is 0 Å². The number of amides is 1. The normalized spacial score (nSPS) is 10.1. The molecule has 11 rings (SSSR count). The van der Waals surface area contributed by atoms with Crippen molar-refractivity contribution >= 4 is 31.8 Å². The summed E-state index contributed by atoms with van der Waals surface area (Å²) in [5, 5.41) is 2.73. The first-order valence-electron chi connectivity index (χ1n) is 37.5. The van der Waals surface area contributed by atoms with Gasteiger partial charge in [0, 0.05) is 12.6 Å². The zero-order chi connectivity index (χ0) is 85.7. The van der Waals surface area contributed by atoms with Gasteiger partial charge in [0.05, 0.1) is 26.2 Å². The fraction of sp³-hybridized carbons (Fsp3) is 0.323. The van der Waals surface area contributed by atoms with Crippen LogP contribution in [0.25, 0.3) is 0 Å². The number of carbonyl (C=O) groups is 1. The van der Waals surface area contributed by atoms with E-state index in [1.165, 1.54) is 154 Å². The van der Waals surface area contributed by atoms with Gasteiger partial charge in [-0.05, 0) is 359 Å². The lowest BCUT2D eigenvalue weighted by molar-refractivity contribution is -0.114. The summed E-state index contributed by atoms with van der Waals surface area (Å²) >= 11 is 0. The molecule has 0 aliphatic carbocycles. The van der Waals surface area contributed by atoms with Crippen molar-refractivity contribution in [3.63, 3.8) is 0 Å². The van der Waals surface area contributed by atoms with E-state index < -0.39 is 20.2 Å². The Hall–Kier alpha value is -9.89. The molecule has 0 fully saturated rings. The standard InChI is InChI=1S/C10H13NO.C10H14O.C9H12O4S.C9H12O3S.C9H12O.4C9H12.2C8H10/c1-7-4-5-10(6-8(7)2)11-9(3)12;1-7-5-9(3)10(11-4)6-8(7)2;1-6-4-8(13-3)9(5-7(6)2)14(10,11)12;1-6-4-8(3)9(5-7(6)2)13(10,11)12;1-7-4-5-8(2)9(6-7)10-3;4*1-7-4-5-8(2)9(3)6-7;1-7-3-5-8(2)6-4-7;1-7-5-3-4-6-8(7)2/h4-6H,1-3H3,(H,11,12);5-6H,1-4H3;4-5H,1-3H3,(H,10,11,12);4-5H,1-3H3,(H,10,11,12);4-6H,1-3H3;4*4-6H,1-3H3;2*3-6H,1-2H3. The Morgan fingerprint density at radius 3 is 0.768 bits per heavy atom. The predicted octanol–water partition coefficient (Wildman–Crippen LogP) is 25.7. The van der Waals surface area contributed by atoms with Crippen LogP contribution in [0.2, 0.25) is 0 Å². The third-order valence-corrected chi connectivity index (χ3v) is 20.7. The second kappa shape index (κ2) is 49.5. The minimum atomic E-state index is -4.21. The molecule has 0 aromatic heterocycles. The smallest absolute Gasteiger partial charge is 0.298 e. The van der Waals surface area contributed by atoms with Crippen molar-refractivity contribution in [2.45, 2.75) is 211 Å². The Labute approximate surface area is 676 Å². The number of hydrogen-bond donors (Lipinski definition) is 3. The monoisotopic (exact) mass is 1560 g/mol. The van der Waals surface area contributed by atoms with Gasteiger partial charge in [-0.15, -0.1) is 0 Å². The van der Waals surface area contributed by atoms with Crippen molar-refractivity contribution in [2.75, 3.05) is 26.6 Å². The Bertz CT molecular complexity index is 4790. The lowest BCUT2D eigenvalue weighted by atomic mass is 10.1. The molecule has 0 saturated carbocycles. The average molecular weight is 1560 g/mol. The summed E-state index contributed by atoms with van der Waals surface area (Å²) in [7, 11) is -3.52. The first kappa shape index (κ1) is 100. The van der Waals surface area contributed by atoms with Gasteiger partial charge >= 0.3 is 0 Å². The summed E-state index contributed by atoms with van der Waals surface area (Å²) in [4.78, 5) is 10.5. The van der Waals surface area contributed by atoms with E-state index in [0.717, 1.165) is 39.4 Å². The highest BCUT2D eigenvalue weighted by Crippen LogP contribution is 2.28. The molecule has 0 spiro atoms. The van der Waals surface area contributed by atoms with Crippen molar-refractivity contribution in [3.05, 3.63) is 350 Å². The van der Waals surface area contributed by atoms with Crippen LogP contribution in [0.5, 0.6) is 17.2 Å². The van der Waals surface area contributed by atoms with E-state index in [2.05, 4.69) is 289 Å². The maximum atomic E-state index is 11.0. The summed E-state index contributed by atoms with van der Waals surface area (Å²) < 4.78 is 76.6. The number of anilines is 1. The molecular formula is C99H131NO10S2. The van der Waals surface area contributed by atoms with Crippen LogP contribution in [0.3, 0.4) is 0 Å². The molecule has 11 aromatic rings. The Morgan fingerprint density at radius 2 is 0.482 bits per heavy atom. The number of carbonyl (C=O) groups excluding carboxylic acids is 1. The zero-order valence-corrected chi connectivity index (χ0v) is 75.1. The summed E-state index contributed by atoms with van der Waals surface area (Å²) in [5.74, 6) is 2.09. The fourth-order valence-corrected chi connectivity index (χ4v) is 11.8. The Morgan fingerprint density at radius 1 is 0.241 bits per heavy atom. The van der Waals surface area contributed by atoms with Crippen LogP contribution in [0, 0.1) is 194 Å². The molecular weight excluding hydrogens is 1430 g/mol. The molecule has 0 radical (unpaired) electrons. The molecule has 112 heavy (non-hydrogen) atoms. The molecule has 1 amide bonds. The quantitative estimate of drug-likeness (QED) is 0.136. The highest BCUT2D eigenvalue weighted by atomic mass is 32.2. The number of hydrogen-bond acceptors (Lipinski definition) is 8. The molecule has 0 unspecified atom stereocenters. The zero-order valence-electron chi connectivity index (χ0n) is 73.5. The fourth-order valence-electron chi connectivity index (χ4n) is 10.3. The number of aryl methyl sites for hydroxylation is 28. The van der Waals surface area contributed by atoms with Crippen LogP contribution in [-0.2, 0) is 25.0 Å². The molecule has 0 bridgehead atoms. The van der Waals surface area contributed by atoms with Gasteiger partial charge in [-0.1, -0.05) is 185 Å². The van der Waals surface area contributed by atoms with Crippen molar-refractivity contribution in [2.24, 2.45) is 0 Å². The van der Waals surface area contributed by atoms with Crippen molar-refractivity contribution in [3.8, 4) is 17.2 Å². The van der Waals surface area contributed by atoms with Crippen LogP contribution in [0.1, 0.15) is 163 Å². The minimum Gasteiger partial charge on any atom is -0.496 e. The van der Waals surface area contributed by atoms with Gasteiger partial charge in [0.2, 0.25) is 5.91 Å². The molecule has 13 heteroatoms. The molecule has 0 aliphatic rings. The van der Waals surface area contributed by atoms with Gasteiger partial charge in [-0.25, -0.2) is 0 Å². The number of nitrogens with one attached hydrogen (secondary N) is 1. The van der Waals surface area contributed by atoms with Crippen LogP contribution in [0.4, 0.5) is 5.69 Å². The van der Waals surface area contributed by atoms with E-state index in [1.807, 2.05) is 65.8 Å². The molecule has 604 valence electrons. The highest BCUT2D eigenvalue weighted by Gasteiger charge is 2.18. The summed E-state index contributed by atoms with van der Waals surface area (Å²) in [6.45, 7) is 58.9. The maximum Gasteiger partial charge on any atom is 0.298 e. The van der Waals surface area contributed by atoms with E-state index in [0.29, 0.717) is 5.56 Å². The molecule has 0 aliphatic heterocycles. The summed E-state index contributed by atoms with van der Waals surface area (Å²) in [5.41, 5.74) is 35.5. The van der Waals surface area contributed by atoms with Crippen LogP contribution in [-0.4, -0.2) is 53.2 Å². The van der Waals surface area contributed by atoms with Crippen molar-refractivity contribution in [1.82, 2.24) is 0 Å². The first-order valence-corrected chi connectivity index (χ1v) is 40.4. The van der Waals surface area contributed by atoms with Crippen molar-refractivity contribution in [1.29, 1.82) is 0 Å². The number of methoxy groups -OCH3 is 3. The van der Waals surface area contributed by atoms with Crippen LogP contribution < -0.4 is 19.5 Å². The third-order valence-electron chi connectivity index (χ3n) is 18.8. The second-order valence-corrected chi connectivity index (χ2v) is 32.0.